The predicted molar refractivity (Wildman–Crippen MR) is 102 cm³/mol. The van der Waals surface area contributed by atoms with E-state index in [1.807, 2.05) is 12.1 Å². The number of esters is 1. The number of hydrogen-bond donors (Lipinski definition) is 0. The third kappa shape index (κ3) is 4.87. The molecule has 0 radical (unpaired) electrons. The highest BCUT2D eigenvalue weighted by atomic mass is 35.5. The van der Waals surface area contributed by atoms with E-state index in [-0.39, 0.29) is 12.5 Å². The van der Waals surface area contributed by atoms with E-state index in [1.54, 1.807) is 37.4 Å². The summed E-state index contributed by atoms with van der Waals surface area (Å²) in [6, 6.07) is 12.2. The smallest absolute Gasteiger partial charge is 0.331 e. The van der Waals surface area contributed by atoms with E-state index >= 15 is 0 Å². The standard InChI is InChI=1S/C19H14Cl2N2O4/c1-25-16-5-3-2-4-14(16)19-22-17(27-23-19)11-26-18(24)9-7-12-6-8-13(20)10-15(12)21/h2-10H,11H2,1H3/b9-7+. The molecule has 0 unspecified atom stereocenters. The summed E-state index contributed by atoms with van der Waals surface area (Å²) in [5.41, 5.74) is 1.33. The van der Waals surface area contributed by atoms with Gasteiger partial charge in [0.25, 0.3) is 5.89 Å². The number of rotatable bonds is 6. The van der Waals surface area contributed by atoms with Crippen LogP contribution in [0.1, 0.15) is 11.5 Å². The molecular weight excluding hydrogens is 391 g/mol. The van der Waals surface area contributed by atoms with Crippen molar-refractivity contribution in [3.05, 3.63) is 70.0 Å². The molecule has 0 fully saturated rings. The Labute approximate surface area is 165 Å². The Morgan fingerprint density at radius 3 is 2.81 bits per heavy atom. The van der Waals surface area contributed by atoms with Gasteiger partial charge in [0.2, 0.25) is 5.82 Å². The Balaban J connectivity index is 1.61. The molecule has 0 saturated heterocycles. The molecule has 0 aliphatic heterocycles. The van der Waals surface area contributed by atoms with Crippen LogP contribution in [0.4, 0.5) is 0 Å². The van der Waals surface area contributed by atoms with Crippen LogP contribution in [0.5, 0.6) is 5.75 Å². The van der Waals surface area contributed by atoms with Gasteiger partial charge in [0.05, 0.1) is 12.7 Å². The zero-order valence-electron chi connectivity index (χ0n) is 14.2. The van der Waals surface area contributed by atoms with E-state index in [0.29, 0.717) is 32.7 Å². The average Bonchev–Trinajstić information content (AvgIpc) is 3.14. The number of nitrogens with zero attached hydrogens (tertiary/aromatic N) is 2. The molecule has 0 N–H and O–H groups in total. The lowest BCUT2D eigenvalue weighted by atomic mass is 10.2. The first-order valence-electron chi connectivity index (χ1n) is 7.82. The molecule has 3 aromatic rings. The molecule has 2 aromatic carbocycles. The highest BCUT2D eigenvalue weighted by Crippen LogP contribution is 2.27. The van der Waals surface area contributed by atoms with E-state index < -0.39 is 5.97 Å². The number of carbonyl (C=O) groups is 1. The number of benzene rings is 2. The first-order valence-corrected chi connectivity index (χ1v) is 8.58. The van der Waals surface area contributed by atoms with Crippen LogP contribution in [0.25, 0.3) is 17.5 Å². The summed E-state index contributed by atoms with van der Waals surface area (Å²) >= 11 is 11.9. The molecule has 0 aliphatic carbocycles. The summed E-state index contributed by atoms with van der Waals surface area (Å²) in [7, 11) is 1.56. The van der Waals surface area contributed by atoms with Gasteiger partial charge in [-0.25, -0.2) is 4.79 Å². The van der Waals surface area contributed by atoms with E-state index in [2.05, 4.69) is 10.1 Å². The van der Waals surface area contributed by atoms with Crippen LogP contribution in [-0.4, -0.2) is 23.2 Å². The minimum absolute atomic E-state index is 0.153. The van der Waals surface area contributed by atoms with Gasteiger partial charge >= 0.3 is 5.97 Å². The zero-order valence-corrected chi connectivity index (χ0v) is 15.7. The molecule has 1 heterocycles. The van der Waals surface area contributed by atoms with Crippen LogP contribution in [0.3, 0.4) is 0 Å². The van der Waals surface area contributed by atoms with Crippen molar-refractivity contribution < 1.29 is 18.8 Å². The van der Waals surface area contributed by atoms with Gasteiger partial charge in [0.15, 0.2) is 6.61 Å². The van der Waals surface area contributed by atoms with Gasteiger partial charge in [0.1, 0.15) is 5.75 Å². The summed E-state index contributed by atoms with van der Waals surface area (Å²) in [6.07, 6.45) is 2.79. The topological polar surface area (TPSA) is 74.5 Å². The molecule has 0 atom stereocenters. The average molecular weight is 405 g/mol. The van der Waals surface area contributed by atoms with E-state index in [1.165, 1.54) is 12.2 Å². The van der Waals surface area contributed by atoms with E-state index in [9.17, 15) is 4.79 Å². The van der Waals surface area contributed by atoms with Crippen molar-refractivity contribution in [3.8, 4) is 17.1 Å². The highest BCUT2D eigenvalue weighted by Gasteiger charge is 2.13. The molecule has 27 heavy (non-hydrogen) atoms. The fourth-order valence-electron chi connectivity index (χ4n) is 2.23. The Bertz CT molecular complexity index is 985. The summed E-state index contributed by atoms with van der Waals surface area (Å²) in [4.78, 5) is 16.1. The van der Waals surface area contributed by atoms with Gasteiger partial charge in [-0.1, -0.05) is 46.6 Å². The van der Waals surface area contributed by atoms with E-state index in [0.717, 1.165) is 0 Å². The number of carbonyl (C=O) groups excluding carboxylic acids is 1. The monoisotopic (exact) mass is 404 g/mol. The second-order valence-corrected chi connectivity index (χ2v) is 6.16. The van der Waals surface area contributed by atoms with Gasteiger partial charge in [-0.05, 0) is 35.9 Å². The fraction of sp³-hybridized carbons (Fsp3) is 0.105. The van der Waals surface area contributed by atoms with Crippen molar-refractivity contribution in [2.75, 3.05) is 7.11 Å². The molecule has 6 nitrogen and oxygen atoms in total. The van der Waals surface area contributed by atoms with Gasteiger partial charge in [0, 0.05) is 16.1 Å². The second-order valence-electron chi connectivity index (χ2n) is 5.32. The maximum atomic E-state index is 11.9. The van der Waals surface area contributed by atoms with Crippen LogP contribution in [-0.2, 0) is 16.1 Å². The normalized spacial score (nSPS) is 10.9. The Morgan fingerprint density at radius 1 is 1.22 bits per heavy atom. The number of para-hydroxylation sites is 1. The molecule has 3 rings (SSSR count). The van der Waals surface area contributed by atoms with Crippen molar-refractivity contribution in [1.29, 1.82) is 0 Å². The number of hydrogen-bond acceptors (Lipinski definition) is 6. The zero-order chi connectivity index (χ0) is 19.2. The minimum Gasteiger partial charge on any atom is -0.496 e. The van der Waals surface area contributed by atoms with Crippen molar-refractivity contribution in [2.45, 2.75) is 6.61 Å². The van der Waals surface area contributed by atoms with Crippen molar-refractivity contribution in [1.82, 2.24) is 10.1 Å². The lowest BCUT2D eigenvalue weighted by Crippen LogP contribution is -2.01. The van der Waals surface area contributed by atoms with Crippen LogP contribution >= 0.6 is 23.2 Å². The van der Waals surface area contributed by atoms with Gasteiger partial charge < -0.3 is 14.0 Å². The maximum Gasteiger partial charge on any atom is 0.331 e. The van der Waals surface area contributed by atoms with Crippen LogP contribution in [0, 0.1) is 0 Å². The largest absolute Gasteiger partial charge is 0.496 e. The first-order chi connectivity index (χ1) is 13.1. The SMILES string of the molecule is COc1ccccc1-c1noc(COC(=O)/C=C/c2ccc(Cl)cc2Cl)n1. The van der Waals surface area contributed by atoms with Crippen molar-refractivity contribution in [3.63, 3.8) is 0 Å². The molecule has 0 amide bonds. The third-order valence-electron chi connectivity index (χ3n) is 3.52. The molecule has 0 bridgehead atoms. The van der Waals surface area contributed by atoms with Crippen LogP contribution < -0.4 is 4.74 Å². The fourth-order valence-corrected chi connectivity index (χ4v) is 2.70. The predicted octanol–water partition coefficient (Wildman–Crippen LogP) is 4.81. The number of methoxy groups -OCH3 is 1. The Morgan fingerprint density at radius 2 is 2.04 bits per heavy atom. The lowest BCUT2D eigenvalue weighted by molar-refractivity contribution is -0.139. The molecule has 1 aromatic heterocycles. The van der Waals surface area contributed by atoms with Crippen LogP contribution in [0.2, 0.25) is 10.0 Å². The van der Waals surface area contributed by atoms with Crippen molar-refractivity contribution >= 4 is 35.2 Å². The molecule has 0 aliphatic rings. The lowest BCUT2D eigenvalue weighted by Gasteiger charge is -2.03. The van der Waals surface area contributed by atoms with Gasteiger partial charge in [-0.15, -0.1) is 0 Å². The molecule has 138 valence electrons. The molecule has 0 saturated carbocycles. The quantitative estimate of drug-likeness (QED) is 0.433. The number of aromatic nitrogens is 2. The molecule has 0 spiro atoms. The Hall–Kier alpha value is -2.83. The highest BCUT2D eigenvalue weighted by molar-refractivity contribution is 6.35. The first kappa shape index (κ1) is 18.9. The molecular formula is C19H14Cl2N2O4. The summed E-state index contributed by atoms with van der Waals surface area (Å²) < 4.78 is 15.5. The summed E-state index contributed by atoms with van der Waals surface area (Å²) in [6.45, 7) is -0.153. The van der Waals surface area contributed by atoms with Crippen molar-refractivity contribution in [2.24, 2.45) is 0 Å². The number of halogens is 2. The van der Waals surface area contributed by atoms with Gasteiger partial charge in [-0.2, -0.15) is 4.98 Å². The Kier molecular flexibility index (Phi) is 6.11. The van der Waals surface area contributed by atoms with Gasteiger partial charge in [-0.3, -0.25) is 0 Å². The van der Waals surface area contributed by atoms with Crippen LogP contribution in [0.15, 0.2) is 53.1 Å². The summed E-state index contributed by atoms with van der Waals surface area (Å²) in [5, 5.41) is 4.83. The molecule has 8 heteroatoms. The van der Waals surface area contributed by atoms with E-state index in [4.69, 9.17) is 37.2 Å². The maximum absolute atomic E-state index is 11.9. The second kappa shape index (κ2) is 8.70. The summed E-state index contributed by atoms with van der Waals surface area (Å²) in [5.74, 6) is 0.562. The number of ether oxygens (including phenoxy) is 2. The third-order valence-corrected chi connectivity index (χ3v) is 4.08. The minimum atomic E-state index is -0.571.